The molecule has 37 heavy (non-hydrogen) atoms. The highest BCUT2D eigenvalue weighted by molar-refractivity contribution is 9.10. The first-order valence-corrected chi connectivity index (χ1v) is 13.5. The summed E-state index contributed by atoms with van der Waals surface area (Å²) in [7, 11) is 3.09. The Kier molecular flexibility index (Phi) is 8.04. The average Bonchev–Trinajstić information content (AvgIpc) is 3.17. The van der Waals surface area contributed by atoms with E-state index in [0.717, 1.165) is 5.56 Å². The zero-order chi connectivity index (χ0) is 26.9. The standard InChI is InChI=1S/C28H29BrN2O5S/c1-7-36-27(33)24-16(4)30-28-31(25(24)19-13-21(34-5)22(35-6)14-20(19)29)26(32)23(37-28)12-17-8-10-18(11-9-17)15(2)3/h8-15,25H,7H2,1-6H3/b23-12-/t25-/m0/s1. The lowest BCUT2D eigenvalue weighted by Gasteiger charge is -2.26. The van der Waals surface area contributed by atoms with Gasteiger partial charge in [-0.15, -0.1) is 0 Å². The number of hydrogen-bond donors (Lipinski definition) is 0. The van der Waals surface area contributed by atoms with Crippen molar-refractivity contribution in [1.29, 1.82) is 0 Å². The second-order valence-corrected chi connectivity index (χ2v) is 10.7. The Labute approximate surface area is 227 Å². The summed E-state index contributed by atoms with van der Waals surface area (Å²) in [5.41, 5.74) is 3.36. The molecule has 0 N–H and O–H groups in total. The van der Waals surface area contributed by atoms with Crippen LogP contribution in [0.25, 0.3) is 6.08 Å². The van der Waals surface area contributed by atoms with Gasteiger partial charge in [-0.25, -0.2) is 9.79 Å². The number of allylic oxidation sites excluding steroid dienone is 1. The molecule has 194 valence electrons. The Balaban J connectivity index is 1.96. The highest BCUT2D eigenvalue weighted by Crippen LogP contribution is 2.40. The molecule has 0 bridgehead atoms. The summed E-state index contributed by atoms with van der Waals surface area (Å²) in [6.07, 6.45) is 1.86. The molecule has 0 fully saturated rings. The van der Waals surface area contributed by atoms with Crippen LogP contribution >= 0.6 is 27.3 Å². The SMILES string of the molecule is CCOC(=O)C1=C(C)N=c2s/c(=C\c3ccc(C(C)C)cc3)c(=O)n2[C@H]1c1cc(OC)c(OC)cc1Br. The maximum Gasteiger partial charge on any atom is 0.338 e. The third kappa shape index (κ3) is 5.15. The van der Waals surface area contributed by atoms with Crippen molar-refractivity contribution in [3.05, 3.63) is 88.5 Å². The molecule has 0 unspecified atom stereocenters. The number of halogens is 1. The Morgan fingerprint density at radius 3 is 2.41 bits per heavy atom. The van der Waals surface area contributed by atoms with E-state index in [1.807, 2.05) is 18.2 Å². The van der Waals surface area contributed by atoms with Crippen LogP contribution in [-0.2, 0) is 9.53 Å². The van der Waals surface area contributed by atoms with Gasteiger partial charge in [-0.2, -0.15) is 0 Å². The first-order valence-electron chi connectivity index (χ1n) is 11.9. The van der Waals surface area contributed by atoms with Gasteiger partial charge >= 0.3 is 5.97 Å². The Morgan fingerprint density at radius 2 is 1.81 bits per heavy atom. The number of aromatic nitrogens is 1. The largest absolute Gasteiger partial charge is 0.493 e. The third-order valence-electron chi connectivity index (χ3n) is 6.22. The van der Waals surface area contributed by atoms with Crippen LogP contribution in [0.5, 0.6) is 11.5 Å². The van der Waals surface area contributed by atoms with Gasteiger partial charge in [0.2, 0.25) is 0 Å². The summed E-state index contributed by atoms with van der Waals surface area (Å²) in [6.45, 7) is 7.99. The number of hydrogen-bond acceptors (Lipinski definition) is 7. The lowest BCUT2D eigenvalue weighted by atomic mass is 9.95. The van der Waals surface area contributed by atoms with Crippen molar-refractivity contribution in [2.24, 2.45) is 4.99 Å². The number of carbonyl (C=O) groups is 1. The first kappa shape index (κ1) is 26.9. The number of fused-ring (bicyclic) bond motifs is 1. The van der Waals surface area contributed by atoms with E-state index < -0.39 is 12.0 Å². The number of methoxy groups -OCH3 is 2. The number of carbonyl (C=O) groups excluding carboxylic acids is 1. The summed E-state index contributed by atoms with van der Waals surface area (Å²) in [5.74, 6) is 0.900. The Morgan fingerprint density at radius 1 is 1.16 bits per heavy atom. The van der Waals surface area contributed by atoms with E-state index in [1.165, 1.54) is 16.9 Å². The number of esters is 1. The predicted molar refractivity (Wildman–Crippen MR) is 148 cm³/mol. The molecule has 7 nitrogen and oxygen atoms in total. The molecule has 0 spiro atoms. The molecule has 2 aromatic carbocycles. The molecule has 0 radical (unpaired) electrons. The maximum absolute atomic E-state index is 13.8. The second kappa shape index (κ2) is 11.1. The summed E-state index contributed by atoms with van der Waals surface area (Å²) < 4.78 is 19.1. The summed E-state index contributed by atoms with van der Waals surface area (Å²) in [4.78, 5) is 32.1. The molecule has 0 saturated heterocycles. The van der Waals surface area contributed by atoms with Crippen molar-refractivity contribution < 1.29 is 19.0 Å². The summed E-state index contributed by atoms with van der Waals surface area (Å²) in [5, 5.41) is 0. The fourth-order valence-electron chi connectivity index (χ4n) is 4.29. The van der Waals surface area contributed by atoms with E-state index in [4.69, 9.17) is 14.2 Å². The normalized spacial score (nSPS) is 15.5. The molecule has 4 rings (SSSR count). The first-order chi connectivity index (χ1) is 17.7. The lowest BCUT2D eigenvalue weighted by Crippen LogP contribution is -2.40. The van der Waals surface area contributed by atoms with Gasteiger partial charge in [0.25, 0.3) is 5.56 Å². The van der Waals surface area contributed by atoms with Crippen molar-refractivity contribution in [3.8, 4) is 11.5 Å². The van der Waals surface area contributed by atoms with Crippen LogP contribution in [-0.4, -0.2) is 31.4 Å². The van der Waals surface area contributed by atoms with Crippen molar-refractivity contribution in [1.82, 2.24) is 4.57 Å². The van der Waals surface area contributed by atoms with Crippen LogP contribution in [0.1, 0.15) is 56.3 Å². The minimum atomic E-state index is -0.769. The number of ether oxygens (including phenoxy) is 3. The Hall–Kier alpha value is -3.17. The van der Waals surface area contributed by atoms with Crippen LogP contribution in [0, 0.1) is 0 Å². The van der Waals surface area contributed by atoms with Gasteiger partial charge in [-0.3, -0.25) is 9.36 Å². The van der Waals surface area contributed by atoms with Crippen LogP contribution < -0.4 is 24.4 Å². The topological polar surface area (TPSA) is 79.1 Å². The van der Waals surface area contributed by atoms with Gasteiger partial charge in [-0.1, -0.05) is 65.4 Å². The molecule has 1 atom stereocenters. The zero-order valence-corrected chi connectivity index (χ0v) is 24.0. The minimum absolute atomic E-state index is 0.201. The molecular weight excluding hydrogens is 556 g/mol. The quantitative estimate of drug-likeness (QED) is 0.376. The number of benzene rings is 2. The minimum Gasteiger partial charge on any atom is -0.493 e. The predicted octanol–water partition coefficient (Wildman–Crippen LogP) is 4.70. The van der Waals surface area contributed by atoms with E-state index in [2.05, 4.69) is 46.9 Å². The molecule has 9 heteroatoms. The van der Waals surface area contributed by atoms with E-state index in [0.29, 0.717) is 48.1 Å². The van der Waals surface area contributed by atoms with Crippen molar-refractivity contribution >= 4 is 39.3 Å². The number of thiazole rings is 1. The zero-order valence-electron chi connectivity index (χ0n) is 21.6. The third-order valence-corrected chi connectivity index (χ3v) is 7.89. The van der Waals surface area contributed by atoms with Crippen molar-refractivity contribution in [3.63, 3.8) is 0 Å². The van der Waals surface area contributed by atoms with E-state index in [9.17, 15) is 9.59 Å². The molecule has 0 saturated carbocycles. The van der Waals surface area contributed by atoms with Gasteiger partial charge in [0, 0.05) is 4.47 Å². The lowest BCUT2D eigenvalue weighted by molar-refractivity contribution is -0.139. The monoisotopic (exact) mass is 584 g/mol. The maximum atomic E-state index is 13.8. The summed E-state index contributed by atoms with van der Waals surface area (Å²) in [6, 6.07) is 10.9. The van der Waals surface area contributed by atoms with Crippen molar-refractivity contribution in [2.45, 2.75) is 39.7 Å². The van der Waals surface area contributed by atoms with Gasteiger partial charge < -0.3 is 14.2 Å². The molecule has 1 aliphatic heterocycles. The van der Waals surface area contributed by atoms with Crippen LogP contribution in [0.3, 0.4) is 0 Å². The number of rotatable bonds is 7. The smallest absolute Gasteiger partial charge is 0.338 e. The fraction of sp³-hybridized carbons (Fsp3) is 0.321. The van der Waals surface area contributed by atoms with E-state index in [1.54, 1.807) is 44.8 Å². The van der Waals surface area contributed by atoms with E-state index >= 15 is 0 Å². The fourth-order valence-corrected chi connectivity index (χ4v) is 5.88. The number of nitrogens with zero attached hydrogens (tertiary/aromatic N) is 2. The molecule has 1 aliphatic rings. The van der Waals surface area contributed by atoms with Crippen molar-refractivity contribution in [2.75, 3.05) is 20.8 Å². The van der Waals surface area contributed by atoms with Gasteiger partial charge in [0.1, 0.15) is 0 Å². The highest BCUT2D eigenvalue weighted by atomic mass is 79.9. The van der Waals surface area contributed by atoms with Crippen LogP contribution in [0.15, 0.2) is 61.9 Å². The molecule has 0 amide bonds. The van der Waals surface area contributed by atoms with Gasteiger partial charge in [0.05, 0.1) is 42.7 Å². The molecule has 0 aliphatic carbocycles. The molecule has 3 aromatic rings. The summed E-state index contributed by atoms with van der Waals surface area (Å²) >= 11 is 4.91. The highest BCUT2D eigenvalue weighted by Gasteiger charge is 2.35. The molecular formula is C28H29BrN2O5S. The Bertz CT molecular complexity index is 1550. The second-order valence-electron chi connectivity index (χ2n) is 8.85. The molecule has 1 aromatic heterocycles. The van der Waals surface area contributed by atoms with Crippen LogP contribution in [0.2, 0.25) is 0 Å². The van der Waals surface area contributed by atoms with Gasteiger partial charge in [-0.05, 0) is 54.7 Å². The van der Waals surface area contributed by atoms with E-state index in [-0.39, 0.29) is 12.2 Å². The van der Waals surface area contributed by atoms with Crippen LogP contribution in [0.4, 0.5) is 0 Å². The average molecular weight is 586 g/mol. The molecule has 2 heterocycles. The van der Waals surface area contributed by atoms with Gasteiger partial charge in [0.15, 0.2) is 16.3 Å².